The summed E-state index contributed by atoms with van der Waals surface area (Å²) in [6, 6.07) is 11.5. The van der Waals surface area contributed by atoms with Gasteiger partial charge in [-0.15, -0.1) is 0 Å². The molecule has 0 aliphatic carbocycles. The lowest BCUT2D eigenvalue weighted by atomic mass is 10.2. The summed E-state index contributed by atoms with van der Waals surface area (Å²) in [6.07, 6.45) is 0. The fraction of sp³-hybridized carbons (Fsp3) is 0.235. The summed E-state index contributed by atoms with van der Waals surface area (Å²) >= 11 is 3.41. The molecule has 120 valence electrons. The lowest BCUT2D eigenvalue weighted by Gasteiger charge is -2.10. The van der Waals surface area contributed by atoms with Crippen molar-refractivity contribution in [2.24, 2.45) is 0 Å². The summed E-state index contributed by atoms with van der Waals surface area (Å²) in [5.74, 6) is 1.44. The van der Waals surface area contributed by atoms with E-state index in [0.29, 0.717) is 6.54 Å². The van der Waals surface area contributed by atoms with Crippen LogP contribution in [0.1, 0.15) is 11.1 Å². The third kappa shape index (κ3) is 4.03. The number of aryl methyl sites for hydroxylation is 1. The molecule has 0 saturated heterocycles. The number of ether oxygens (including phenoxy) is 2. The molecule has 5 nitrogen and oxygen atoms in total. The van der Waals surface area contributed by atoms with Gasteiger partial charge in [-0.2, -0.15) is 0 Å². The lowest BCUT2D eigenvalue weighted by Crippen LogP contribution is -2.27. The molecule has 0 bridgehead atoms. The number of hydrogen-bond acceptors (Lipinski definition) is 4. The SMILES string of the molecule is Cc1cc(Br)ccc1NC(=O)CNCc1ccc2c(c1)OCO2. The van der Waals surface area contributed by atoms with Crippen molar-refractivity contribution in [2.75, 3.05) is 18.7 Å². The Morgan fingerprint density at radius 1 is 1.17 bits per heavy atom. The fourth-order valence-electron chi connectivity index (χ4n) is 2.33. The number of nitrogens with one attached hydrogen (secondary N) is 2. The van der Waals surface area contributed by atoms with Crippen molar-refractivity contribution in [1.29, 1.82) is 0 Å². The molecule has 1 heterocycles. The van der Waals surface area contributed by atoms with Gasteiger partial charge in [0.15, 0.2) is 11.5 Å². The minimum atomic E-state index is -0.0730. The second-order valence-electron chi connectivity index (χ2n) is 5.30. The highest BCUT2D eigenvalue weighted by molar-refractivity contribution is 9.10. The Morgan fingerprint density at radius 2 is 2.00 bits per heavy atom. The van der Waals surface area contributed by atoms with Gasteiger partial charge in [0.05, 0.1) is 6.54 Å². The van der Waals surface area contributed by atoms with Gasteiger partial charge >= 0.3 is 0 Å². The number of anilines is 1. The van der Waals surface area contributed by atoms with E-state index in [4.69, 9.17) is 9.47 Å². The first-order valence-corrected chi connectivity index (χ1v) is 8.06. The zero-order valence-corrected chi connectivity index (χ0v) is 14.3. The second kappa shape index (κ2) is 7.02. The van der Waals surface area contributed by atoms with Crippen LogP contribution in [0.5, 0.6) is 11.5 Å². The summed E-state index contributed by atoms with van der Waals surface area (Å²) in [7, 11) is 0. The van der Waals surface area contributed by atoms with E-state index in [1.165, 1.54) is 0 Å². The largest absolute Gasteiger partial charge is 0.454 e. The van der Waals surface area contributed by atoms with E-state index in [1.54, 1.807) is 0 Å². The van der Waals surface area contributed by atoms with Crippen LogP contribution in [0.3, 0.4) is 0 Å². The molecule has 2 aromatic carbocycles. The van der Waals surface area contributed by atoms with Crippen molar-refractivity contribution >= 4 is 27.5 Å². The molecule has 1 aliphatic heterocycles. The average Bonchev–Trinajstić information content (AvgIpc) is 2.98. The Hall–Kier alpha value is -2.05. The van der Waals surface area contributed by atoms with Crippen LogP contribution in [-0.4, -0.2) is 19.2 Å². The normalized spacial score (nSPS) is 12.3. The molecule has 1 amide bonds. The van der Waals surface area contributed by atoms with E-state index in [1.807, 2.05) is 43.3 Å². The molecule has 1 aliphatic rings. The molecule has 0 unspecified atom stereocenters. The van der Waals surface area contributed by atoms with Gasteiger partial charge in [0.2, 0.25) is 12.7 Å². The topological polar surface area (TPSA) is 59.6 Å². The molecule has 0 aromatic heterocycles. The summed E-state index contributed by atoms with van der Waals surface area (Å²) in [5.41, 5.74) is 2.88. The summed E-state index contributed by atoms with van der Waals surface area (Å²) < 4.78 is 11.6. The first kappa shape index (κ1) is 15.8. The van der Waals surface area contributed by atoms with Crippen LogP contribution in [0, 0.1) is 6.92 Å². The van der Waals surface area contributed by atoms with Crippen LogP contribution in [0.4, 0.5) is 5.69 Å². The molecule has 0 spiro atoms. The van der Waals surface area contributed by atoms with E-state index in [2.05, 4.69) is 26.6 Å². The van der Waals surface area contributed by atoms with Gasteiger partial charge in [0, 0.05) is 16.7 Å². The Morgan fingerprint density at radius 3 is 2.83 bits per heavy atom. The predicted octanol–water partition coefficient (Wildman–Crippen LogP) is 3.21. The third-order valence-corrected chi connectivity index (χ3v) is 4.01. The highest BCUT2D eigenvalue weighted by Crippen LogP contribution is 2.32. The van der Waals surface area contributed by atoms with E-state index >= 15 is 0 Å². The maximum atomic E-state index is 12.0. The molecule has 0 saturated carbocycles. The summed E-state index contributed by atoms with van der Waals surface area (Å²) in [5, 5.41) is 6.02. The molecule has 6 heteroatoms. The number of halogens is 1. The van der Waals surface area contributed by atoms with Crippen LogP contribution >= 0.6 is 15.9 Å². The maximum absolute atomic E-state index is 12.0. The Bertz CT molecular complexity index is 734. The van der Waals surface area contributed by atoms with Crippen LogP contribution < -0.4 is 20.1 Å². The number of carbonyl (C=O) groups is 1. The number of rotatable bonds is 5. The van der Waals surface area contributed by atoms with E-state index < -0.39 is 0 Å². The Kier molecular flexibility index (Phi) is 4.83. The van der Waals surface area contributed by atoms with Gasteiger partial charge in [-0.05, 0) is 48.4 Å². The van der Waals surface area contributed by atoms with Crippen molar-refractivity contribution in [3.05, 3.63) is 52.0 Å². The minimum Gasteiger partial charge on any atom is -0.454 e. The first-order chi connectivity index (χ1) is 11.1. The highest BCUT2D eigenvalue weighted by Gasteiger charge is 2.13. The number of hydrogen-bond donors (Lipinski definition) is 2. The van der Waals surface area contributed by atoms with Crippen LogP contribution in [-0.2, 0) is 11.3 Å². The molecule has 0 atom stereocenters. The number of benzene rings is 2. The third-order valence-electron chi connectivity index (χ3n) is 3.51. The van der Waals surface area contributed by atoms with Crippen molar-refractivity contribution in [3.63, 3.8) is 0 Å². The van der Waals surface area contributed by atoms with Crippen molar-refractivity contribution in [1.82, 2.24) is 5.32 Å². The van der Waals surface area contributed by atoms with Gasteiger partial charge in [-0.3, -0.25) is 4.79 Å². The molecule has 0 fully saturated rings. The van der Waals surface area contributed by atoms with Crippen molar-refractivity contribution in [2.45, 2.75) is 13.5 Å². The van der Waals surface area contributed by atoms with Gasteiger partial charge in [-0.1, -0.05) is 22.0 Å². The van der Waals surface area contributed by atoms with Gasteiger partial charge in [0.25, 0.3) is 0 Å². The lowest BCUT2D eigenvalue weighted by molar-refractivity contribution is -0.115. The van der Waals surface area contributed by atoms with E-state index in [-0.39, 0.29) is 19.2 Å². The smallest absolute Gasteiger partial charge is 0.238 e. The standard InChI is InChI=1S/C17H17BrN2O3/c1-11-6-13(18)3-4-14(11)20-17(21)9-19-8-12-2-5-15-16(7-12)23-10-22-15/h2-7,19H,8-10H2,1H3,(H,20,21). The predicted molar refractivity (Wildman–Crippen MR) is 91.8 cm³/mol. The zero-order chi connectivity index (χ0) is 16.2. The molecule has 2 aromatic rings. The fourth-order valence-corrected chi connectivity index (χ4v) is 2.81. The van der Waals surface area contributed by atoms with Crippen LogP contribution in [0.2, 0.25) is 0 Å². The molecule has 0 radical (unpaired) electrons. The van der Waals surface area contributed by atoms with Crippen LogP contribution in [0.25, 0.3) is 0 Å². The molecular weight excluding hydrogens is 360 g/mol. The Labute approximate surface area is 143 Å². The second-order valence-corrected chi connectivity index (χ2v) is 6.21. The molecule has 2 N–H and O–H groups in total. The zero-order valence-electron chi connectivity index (χ0n) is 12.7. The van der Waals surface area contributed by atoms with Crippen molar-refractivity contribution < 1.29 is 14.3 Å². The number of carbonyl (C=O) groups excluding carboxylic acids is 1. The van der Waals surface area contributed by atoms with Crippen molar-refractivity contribution in [3.8, 4) is 11.5 Å². The monoisotopic (exact) mass is 376 g/mol. The summed E-state index contributed by atoms with van der Waals surface area (Å²) in [4.78, 5) is 12.0. The first-order valence-electron chi connectivity index (χ1n) is 7.27. The minimum absolute atomic E-state index is 0.0730. The van der Waals surface area contributed by atoms with Gasteiger partial charge < -0.3 is 20.1 Å². The van der Waals surface area contributed by atoms with Gasteiger partial charge in [-0.25, -0.2) is 0 Å². The van der Waals surface area contributed by atoms with Crippen LogP contribution in [0.15, 0.2) is 40.9 Å². The number of amides is 1. The Balaban J connectivity index is 1.49. The van der Waals surface area contributed by atoms with E-state index in [0.717, 1.165) is 32.8 Å². The quantitative estimate of drug-likeness (QED) is 0.840. The molecule has 23 heavy (non-hydrogen) atoms. The molecular formula is C17H17BrN2O3. The number of fused-ring (bicyclic) bond motifs is 1. The molecule has 3 rings (SSSR count). The highest BCUT2D eigenvalue weighted by atomic mass is 79.9. The van der Waals surface area contributed by atoms with Gasteiger partial charge in [0.1, 0.15) is 0 Å². The maximum Gasteiger partial charge on any atom is 0.238 e. The average molecular weight is 377 g/mol. The van der Waals surface area contributed by atoms with E-state index in [9.17, 15) is 4.79 Å². The summed E-state index contributed by atoms with van der Waals surface area (Å²) in [6.45, 7) is 3.05.